The predicted molar refractivity (Wildman–Crippen MR) is 149 cm³/mol. The number of ether oxygens (including phenoxy) is 3. The summed E-state index contributed by atoms with van der Waals surface area (Å²) in [5.74, 6) is -0.386. The number of aromatic hydroxyl groups is 1. The number of aliphatic hydroxyl groups excluding tert-OH is 1. The zero-order chi connectivity index (χ0) is 27.4. The molecule has 2 saturated heterocycles. The number of aryl methyl sites for hydroxylation is 1. The minimum Gasteiger partial charge on any atom is -0.508 e. The number of hydrogen-bond acceptors (Lipinski definition) is 6. The number of phenolic OH excluding ortho intramolecular Hbond substituents is 1. The molecule has 0 saturated carbocycles. The summed E-state index contributed by atoms with van der Waals surface area (Å²) in [4.78, 5) is 13.6. The van der Waals surface area contributed by atoms with Crippen molar-refractivity contribution in [2.45, 2.75) is 104 Å². The monoisotopic (exact) mass is 524 g/mol. The van der Waals surface area contributed by atoms with Gasteiger partial charge in [0, 0.05) is 19.3 Å². The topological polar surface area (TPSA) is 85.2 Å². The van der Waals surface area contributed by atoms with Crippen LogP contribution < -0.4 is 0 Å². The SMILES string of the molecule is CC[C@H]1O[C@]2(CC[C@@H]1C)C[C@@H]1C[C@@H](C/C=C(\C)C[C@@H](C)/C=C/C=C(\CO)c3cc(O)c(C)cc3C(=O)O1)O2. The van der Waals surface area contributed by atoms with Gasteiger partial charge in [-0.25, -0.2) is 4.79 Å². The lowest BCUT2D eigenvalue weighted by Crippen LogP contribution is -2.54. The van der Waals surface area contributed by atoms with Crippen molar-refractivity contribution in [2.75, 3.05) is 6.61 Å². The van der Waals surface area contributed by atoms with Crippen molar-refractivity contribution in [3.63, 3.8) is 0 Å². The van der Waals surface area contributed by atoms with Crippen LogP contribution in [0.15, 0.2) is 42.0 Å². The fraction of sp³-hybridized carbons (Fsp3) is 0.594. The van der Waals surface area contributed by atoms with E-state index in [1.54, 1.807) is 19.1 Å². The van der Waals surface area contributed by atoms with Gasteiger partial charge in [0.25, 0.3) is 0 Å². The number of phenols is 1. The van der Waals surface area contributed by atoms with E-state index >= 15 is 0 Å². The second-order valence-electron chi connectivity index (χ2n) is 11.6. The van der Waals surface area contributed by atoms with Gasteiger partial charge in [-0.1, -0.05) is 50.6 Å². The predicted octanol–water partition coefficient (Wildman–Crippen LogP) is 6.63. The largest absolute Gasteiger partial charge is 0.508 e. The fourth-order valence-corrected chi connectivity index (χ4v) is 6.09. The van der Waals surface area contributed by atoms with Gasteiger partial charge in [-0.15, -0.1) is 0 Å². The number of hydrogen-bond donors (Lipinski definition) is 2. The summed E-state index contributed by atoms with van der Waals surface area (Å²) in [6.45, 7) is 10.2. The number of fused-ring (bicyclic) bond motifs is 3. The number of aliphatic hydroxyl groups is 1. The first-order valence-electron chi connectivity index (χ1n) is 14.2. The first kappa shape index (κ1) is 28.6. The third kappa shape index (κ3) is 6.59. The molecular weight excluding hydrogens is 480 g/mol. The van der Waals surface area contributed by atoms with E-state index in [-0.39, 0.29) is 30.7 Å². The van der Waals surface area contributed by atoms with Gasteiger partial charge in [-0.05, 0) is 80.2 Å². The Morgan fingerprint density at radius 1 is 1.11 bits per heavy atom. The van der Waals surface area contributed by atoms with Crippen molar-refractivity contribution in [3.05, 3.63) is 58.7 Å². The Morgan fingerprint density at radius 3 is 2.63 bits per heavy atom. The molecule has 6 heteroatoms. The van der Waals surface area contributed by atoms with Crippen LogP contribution in [0.1, 0.15) is 94.1 Å². The average molecular weight is 525 g/mol. The Labute approximate surface area is 227 Å². The van der Waals surface area contributed by atoms with Crippen LogP contribution in [-0.2, 0) is 14.2 Å². The van der Waals surface area contributed by atoms with Crippen molar-refractivity contribution < 1.29 is 29.2 Å². The standard InChI is InChI=1S/C32H44O6/c1-6-30-22(4)12-13-32(38-30)18-26-16-25(37-32)11-10-21(3)14-20(2)8-7-9-24(19-33)27-17-29(34)23(5)15-28(27)31(35)36-26/h7-10,15,17,20,22,25-26,30,33-34H,6,11-14,16,18-19H2,1-5H3/b8-7+,21-10+,24-9+/t20-,22-,25+,26-,30+,32+/m0/s1. The Hall–Kier alpha value is -2.41. The zero-order valence-corrected chi connectivity index (χ0v) is 23.5. The number of rotatable bonds is 2. The summed E-state index contributed by atoms with van der Waals surface area (Å²) in [7, 11) is 0. The van der Waals surface area contributed by atoms with Crippen molar-refractivity contribution in [1.29, 1.82) is 0 Å². The molecule has 208 valence electrons. The van der Waals surface area contributed by atoms with Gasteiger partial charge in [0.15, 0.2) is 5.79 Å². The number of allylic oxidation sites excluding steroid dienone is 4. The second-order valence-corrected chi connectivity index (χ2v) is 11.6. The molecule has 2 N–H and O–H groups in total. The van der Waals surface area contributed by atoms with Crippen LogP contribution in [0.25, 0.3) is 5.57 Å². The number of carbonyl (C=O) groups excluding carboxylic acids is 1. The molecule has 1 aromatic rings. The molecule has 4 rings (SSSR count). The van der Waals surface area contributed by atoms with Crippen LogP contribution in [0.4, 0.5) is 0 Å². The minimum absolute atomic E-state index is 0.0730. The highest BCUT2D eigenvalue weighted by atomic mass is 16.7. The van der Waals surface area contributed by atoms with Crippen molar-refractivity contribution in [3.8, 4) is 5.75 Å². The summed E-state index contributed by atoms with van der Waals surface area (Å²) < 4.78 is 19.5. The van der Waals surface area contributed by atoms with Crippen LogP contribution in [0.5, 0.6) is 5.75 Å². The summed E-state index contributed by atoms with van der Waals surface area (Å²) >= 11 is 0. The fourth-order valence-electron chi connectivity index (χ4n) is 6.09. The molecule has 0 radical (unpaired) electrons. The molecule has 6 atom stereocenters. The lowest BCUT2D eigenvalue weighted by Gasteiger charge is -2.49. The first-order valence-corrected chi connectivity index (χ1v) is 14.2. The highest BCUT2D eigenvalue weighted by Gasteiger charge is 2.48. The van der Waals surface area contributed by atoms with E-state index in [2.05, 4.69) is 39.8 Å². The maximum atomic E-state index is 13.6. The molecule has 6 nitrogen and oxygen atoms in total. The molecule has 38 heavy (non-hydrogen) atoms. The molecule has 1 spiro atoms. The maximum absolute atomic E-state index is 13.6. The third-order valence-electron chi connectivity index (χ3n) is 8.29. The number of benzene rings is 1. The molecule has 3 heterocycles. The molecular formula is C32H44O6. The van der Waals surface area contributed by atoms with Crippen LogP contribution in [0.3, 0.4) is 0 Å². The summed E-state index contributed by atoms with van der Waals surface area (Å²) in [6, 6.07) is 3.20. The quantitative estimate of drug-likeness (QED) is 0.333. The maximum Gasteiger partial charge on any atom is 0.339 e. The second kappa shape index (κ2) is 12.2. The summed E-state index contributed by atoms with van der Waals surface area (Å²) in [5.41, 5.74) is 3.23. The van der Waals surface area contributed by atoms with Gasteiger partial charge in [0.05, 0.1) is 24.4 Å². The van der Waals surface area contributed by atoms with E-state index in [1.165, 1.54) is 5.57 Å². The van der Waals surface area contributed by atoms with E-state index in [1.807, 2.05) is 12.2 Å². The van der Waals surface area contributed by atoms with Crippen LogP contribution in [0, 0.1) is 18.8 Å². The van der Waals surface area contributed by atoms with E-state index < -0.39 is 11.8 Å². The Bertz CT molecular complexity index is 1100. The summed E-state index contributed by atoms with van der Waals surface area (Å²) in [6.07, 6.45) is 13.1. The van der Waals surface area contributed by atoms with Gasteiger partial charge in [0.1, 0.15) is 11.9 Å². The average Bonchev–Trinajstić information content (AvgIpc) is 2.88. The normalized spacial score (nSPS) is 36.4. The van der Waals surface area contributed by atoms with E-state index in [0.29, 0.717) is 46.9 Å². The molecule has 2 bridgehead atoms. The van der Waals surface area contributed by atoms with Gasteiger partial charge in [-0.3, -0.25) is 0 Å². The molecule has 3 aliphatic rings. The van der Waals surface area contributed by atoms with Crippen molar-refractivity contribution >= 4 is 11.5 Å². The first-order chi connectivity index (χ1) is 18.1. The van der Waals surface area contributed by atoms with Crippen molar-refractivity contribution in [2.24, 2.45) is 11.8 Å². The Kier molecular flexibility index (Phi) is 9.17. The van der Waals surface area contributed by atoms with Crippen molar-refractivity contribution in [1.82, 2.24) is 0 Å². The molecule has 0 unspecified atom stereocenters. The smallest absolute Gasteiger partial charge is 0.339 e. The van der Waals surface area contributed by atoms with Gasteiger partial charge in [0.2, 0.25) is 0 Å². The molecule has 3 aliphatic heterocycles. The van der Waals surface area contributed by atoms with Gasteiger partial charge < -0.3 is 24.4 Å². The highest BCUT2D eigenvalue weighted by Crippen LogP contribution is 2.43. The third-order valence-corrected chi connectivity index (χ3v) is 8.29. The molecule has 0 aliphatic carbocycles. The lowest BCUT2D eigenvalue weighted by atomic mass is 9.85. The molecule has 1 aromatic carbocycles. The highest BCUT2D eigenvalue weighted by molar-refractivity contribution is 5.96. The van der Waals surface area contributed by atoms with Gasteiger partial charge >= 0.3 is 5.97 Å². The number of esters is 1. The molecule has 0 aromatic heterocycles. The van der Waals surface area contributed by atoms with Crippen LogP contribution in [0.2, 0.25) is 0 Å². The van der Waals surface area contributed by atoms with Gasteiger partial charge in [-0.2, -0.15) is 0 Å². The molecule has 2 fully saturated rings. The van der Waals surface area contributed by atoms with Crippen LogP contribution in [-0.4, -0.2) is 46.9 Å². The van der Waals surface area contributed by atoms with Crippen LogP contribution >= 0.6 is 0 Å². The number of carbonyl (C=O) groups is 1. The lowest BCUT2D eigenvalue weighted by molar-refractivity contribution is -0.334. The summed E-state index contributed by atoms with van der Waals surface area (Å²) in [5, 5.41) is 20.6. The Balaban J connectivity index is 1.74. The van der Waals surface area contributed by atoms with E-state index in [9.17, 15) is 15.0 Å². The zero-order valence-electron chi connectivity index (χ0n) is 23.5. The van der Waals surface area contributed by atoms with E-state index in [4.69, 9.17) is 14.2 Å². The minimum atomic E-state index is -0.756. The molecule has 0 amide bonds. The Morgan fingerprint density at radius 2 is 1.89 bits per heavy atom. The van der Waals surface area contributed by atoms with E-state index in [0.717, 1.165) is 32.1 Å².